The van der Waals surface area contributed by atoms with Crippen molar-refractivity contribution in [1.82, 2.24) is 9.97 Å². The van der Waals surface area contributed by atoms with Gasteiger partial charge in [0.25, 0.3) is 0 Å². The lowest BCUT2D eigenvalue weighted by Crippen LogP contribution is -2.17. The molecule has 1 atom stereocenters. The summed E-state index contributed by atoms with van der Waals surface area (Å²) in [7, 11) is 0. The van der Waals surface area contributed by atoms with Crippen molar-refractivity contribution in [2.45, 2.75) is 97.8 Å². The van der Waals surface area contributed by atoms with E-state index in [0.717, 1.165) is 30.5 Å². The lowest BCUT2D eigenvalue weighted by molar-refractivity contribution is 0.260. The monoisotopic (exact) mass is 458 g/mol. The Bertz CT molecular complexity index is 411. The zero-order chi connectivity index (χ0) is 18.3. The van der Waals surface area contributed by atoms with Crippen LogP contribution in [0.15, 0.2) is 12.4 Å². The predicted molar refractivity (Wildman–Crippen MR) is 118 cm³/mol. The van der Waals surface area contributed by atoms with Gasteiger partial charge in [0.2, 0.25) is 0 Å². The van der Waals surface area contributed by atoms with Gasteiger partial charge in [-0.05, 0) is 47.5 Å². The fraction of sp³-hybridized carbons (Fsp3) is 0.818. The van der Waals surface area contributed by atoms with Gasteiger partial charge in [-0.15, -0.1) is 0 Å². The van der Waals surface area contributed by atoms with Gasteiger partial charge in [0, 0.05) is 18.8 Å². The highest BCUT2D eigenvalue weighted by Crippen LogP contribution is 2.31. The molecular weight excluding hydrogens is 419 g/mol. The molecule has 3 heteroatoms. The summed E-state index contributed by atoms with van der Waals surface area (Å²) in [5.41, 5.74) is 1.29. The van der Waals surface area contributed by atoms with E-state index < -0.39 is 0 Å². The van der Waals surface area contributed by atoms with Gasteiger partial charge < -0.3 is 0 Å². The van der Waals surface area contributed by atoms with E-state index in [1.165, 1.54) is 74.2 Å². The minimum absolute atomic E-state index is 0.846. The molecule has 1 heterocycles. The molecule has 0 aliphatic heterocycles. The molecule has 0 saturated carbocycles. The second-order valence-electron chi connectivity index (χ2n) is 7.43. The summed E-state index contributed by atoms with van der Waals surface area (Å²) in [6, 6.07) is 0. The number of nitrogens with zero attached hydrogens (tertiary/aromatic N) is 2. The van der Waals surface area contributed by atoms with Crippen LogP contribution < -0.4 is 0 Å². The molecule has 144 valence electrons. The van der Waals surface area contributed by atoms with Crippen molar-refractivity contribution in [3.05, 3.63) is 23.8 Å². The first-order chi connectivity index (χ1) is 12.2. The zero-order valence-corrected chi connectivity index (χ0v) is 18.9. The highest BCUT2D eigenvalue weighted by atomic mass is 127. The average Bonchev–Trinajstić information content (AvgIpc) is 2.65. The fourth-order valence-electron chi connectivity index (χ4n) is 3.64. The predicted octanol–water partition coefficient (Wildman–Crippen LogP) is 7.19. The Hall–Kier alpha value is -0.190. The molecule has 0 aliphatic rings. The minimum Gasteiger partial charge on any atom is -0.241 e. The fourth-order valence-corrected chi connectivity index (χ4v) is 4.44. The van der Waals surface area contributed by atoms with E-state index in [1.807, 2.05) is 0 Å². The largest absolute Gasteiger partial charge is 0.241 e. The van der Waals surface area contributed by atoms with Crippen LogP contribution in [0.25, 0.3) is 0 Å². The molecule has 0 N–H and O–H groups in total. The molecule has 1 aromatic rings. The van der Waals surface area contributed by atoms with Crippen LogP contribution in [0.4, 0.5) is 0 Å². The van der Waals surface area contributed by atoms with Gasteiger partial charge in [-0.3, -0.25) is 0 Å². The van der Waals surface area contributed by atoms with Gasteiger partial charge in [0.15, 0.2) is 0 Å². The van der Waals surface area contributed by atoms with Crippen LogP contribution in [0.2, 0.25) is 0 Å². The summed E-state index contributed by atoms with van der Waals surface area (Å²) >= 11 is 2.55. The molecule has 0 bridgehead atoms. The maximum atomic E-state index is 4.63. The van der Waals surface area contributed by atoms with Crippen LogP contribution in [0.5, 0.6) is 0 Å². The Morgan fingerprint density at radius 2 is 1.32 bits per heavy atom. The number of unbranched alkanes of at least 4 members (excludes halogenated alkanes) is 3. The van der Waals surface area contributed by atoms with E-state index >= 15 is 0 Å². The number of hydrogen-bond donors (Lipinski definition) is 0. The topological polar surface area (TPSA) is 25.8 Å². The second kappa shape index (κ2) is 14.9. The quantitative estimate of drug-likeness (QED) is 0.205. The third kappa shape index (κ3) is 9.91. The summed E-state index contributed by atoms with van der Waals surface area (Å²) < 4.78 is 1.27. The Morgan fingerprint density at radius 3 is 1.84 bits per heavy atom. The zero-order valence-electron chi connectivity index (χ0n) is 16.8. The molecule has 1 aromatic heterocycles. The Labute approximate surface area is 170 Å². The van der Waals surface area contributed by atoms with E-state index in [4.69, 9.17) is 0 Å². The third-order valence-corrected chi connectivity index (χ3v) is 5.94. The molecule has 2 nitrogen and oxygen atoms in total. The molecule has 0 saturated heterocycles. The van der Waals surface area contributed by atoms with Gasteiger partial charge in [0.05, 0.1) is 0 Å². The van der Waals surface area contributed by atoms with E-state index in [0.29, 0.717) is 0 Å². The van der Waals surface area contributed by atoms with E-state index in [9.17, 15) is 0 Å². The maximum absolute atomic E-state index is 4.63. The van der Waals surface area contributed by atoms with E-state index in [-0.39, 0.29) is 0 Å². The number of halogens is 1. The number of aromatic nitrogens is 2. The van der Waals surface area contributed by atoms with E-state index in [2.05, 4.69) is 65.7 Å². The first-order valence-electron chi connectivity index (χ1n) is 10.6. The average molecular weight is 458 g/mol. The van der Waals surface area contributed by atoms with Crippen molar-refractivity contribution in [3.8, 4) is 0 Å². The summed E-state index contributed by atoms with van der Waals surface area (Å²) in [6.07, 6.45) is 19.6. The van der Waals surface area contributed by atoms with Crippen LogP contribution >= 0.6 is 22.6 Å². The summed E-state index contributed by atoms with van der Waals surface area (Å²) in [6.45, 7) is 6.87. The number of rotatable bonds is 15. The highest BCUT2D eigenvalue weighted by Gasteiger charge is 2.20. The molecule has 0 amide bonds. The molecule has 0 aromatic carbocycles. The minimum atomic E-state index is 0.846. The smallest absolute Gasteiger partial charge is 0.128 e. The second-order valence-corrected chi connectivity index (χ2v) is 8.51. The van der Waals surface area contributed by atoms with Gasteiger partial charge in [-0.1, -0.05) is 88.3 Å². The van der Waals surface area contributed by atoms with Gasteiger partial charge in [-0.25, -0.2) is 9.97 Å². The first kappa shape index (κ1) is 22.9. The Balaban J connectivity index is 2.58. The number of hydrogen-bond acceptors (Lipinski definition) is 2. The van der Waals surface area contributed by atoms with Crippen molar-refractivity contribution in [3.63, 3.8) is 0 Å². The molecule has 1 unspecified atom stereocenters. The SMILES string of the molecule is CCCCc1cnc(CCC(CCI)C(CCCC)CCCC)nc1. The number of aryl methyl sites for hydroxylation is 2. The third-order valence-electron chi connectivity index (χ3n) is 5.32. The summed E-state index contributed by atoms with van der Waals surface area (Å²) in [4.78, 5) is 9.27. The molecule has 0 spiro atoms. The van der Waals surface area contributed by atoms with Crippen molar-refractivity contribution in [2.75, 3.05) is 4.43 Å². The van der Waals surface area contributed by atoms with Crippen LogP contribution in [-0.2, 0) is 12.8 Å². The van der Waals surface area contributed by atoms with Crippen LogP contribution in [0.3, 0.4) is 0 Å². The van der Waals surface area contributed by atoms with Crippen molar-refractivity contribution in [2.24, 2.45) is 11.8 Å². The van der Waals surface area contributed by atoms with Crippen molar-refractivity contribution >= 4 is 22.6 Å². The Kier molecular flexibility index (Phi) is 13.6. The highest BCUT2D eigenvalue weighted by molar-refractivity contribution is 14.1. The first-order valence-corrected chi connectivity index (χ1v) is 12.1. The molecule has 1 rings (SSSR count). The maximum Gasteiger partial charge on any atom is 0.128 e. The molecule has 0 radical (unpaired) electrons. The molecule has 0 fully saturated rings. The van der Waals surface area contributed by atoms with Gasteiger partial charge in [0.1, 0.15) is 5.82 Å². The molecule has 0 aliphatic carbocycles. The normalized spacial score (nSPS) is 12.7. The van der Waals surface area contributed by atoms with Crippen LogP contribution in [0, 0.1) is 11.8 Å². The van der Waals surface area contributed by atoms with Gasteiger partial charge >= 0.3 is 0 Å². The van der Waals surface area contributed by atoms with Crippen LogP contribution in [0.1, 0.15) is 96.4 Å². The molecule has 25 heavy (non-hydrogen) atoms. The van der Waals surface area contributed by atoms with Gasteiger partial charge in [-0.2, -0.15) is 0 Å². The lowest BCUT2D eigenvalue weighted by atomic mass is 9.80. The summed E-state index contributed by atoms with van der Waals surface area (Å²) in [5.74, 6) is 2.79. The van der Waals surface area contributed by atoms with Crippen molar-refractivity contribution < 1.29 is 0 Å². The lowest BCUT2D eigenvalue weighted by Gasteiger charge is -2.27. The Morgan fingerprint density at radius 1 is 0.760 bits per heavy atom. The number of alkyl halides is 1. The van der Waals surface area contributed by atoms with E-state index in [1.54, 1.807) is 0 Å². The standard InChI is InChI=1S/C22H39IN2/c1-4-7-10-19-17-24-22(25-18-19)14-13-21(15-16-23)20(11-8-5-2)12-9-6-3/h17-18,20-21H,4-16H2,1-3H3. The summed E-state index contributed by atoms with van der Waals surface area (Å²) in [5, 5.41) is 0. The molecular formula is C22H39IN2. The van der Waals surface area contributed by atoms with Crippen molar-refractivity contribution in [1.29, 1.82) is 0 Å². The van der Waals surface area contributed by atoms with Crippen LogP contribution in [-0.4, -0.2) is 14.4 Å².